The zero-order chi connectivity index (χ0) is 10.2. The highest BCUT2D eigenvalue weighted by Crippen LogP contribution is 2.07. The van der Waals surface area contributed by atoms with Gasteiger partial charge in [0, 0.05) is 18.1 Å². The van der Waals surface area contributed by atoms with Crippen molar-refractivity contribution in [3.05, 3.63) is 18.9 Å². The third-order valence-corrected chi connectivity index (χ3v) is 2.05. The molecule has 1 heterocycles. The number of hydrogen-bond donors (Lipinski definition) is 2. The molecule has 0 saturated heterocycles. The Bertz CT molecular complexity index is 286. The lowest BCUT2D eigenvalue weighted by molar-refractivity contribution is 0.252. The normalized spacial score (nSPS) is 9.43. The van der Waals surface area contributed by atoms with Crippen LogP contribution in [0.5, 0.6) is 0 Å². The maximum atomic E-state index is 11.2. The number of allylic oxidation sites excluding steroid dienone is 1. The number of amides is 2. The van der Waals surface area contributed by atoms with Crippen LogP contribution in [0, 0.1) is 0 Å². The molecule has 0 bridgehead atoms. The Morgan fingerprint density at radius 2 is 2.57 bits per heavy atom. The molecule has 0 radical (unpaired) electrons. The van der Waals surface area contributed by atoms with Gasteiger partial charge in [0.1, 0.15) is 5.00 Å². The molecule has 5 nitrogen and oxygen atoms in total. The first-order chi connectivity index (χ1) is 6.83. The second-order valence-corrected chi connectivity index (χ2v) is 3.38. The fourth-order valence-corrected chi connectivity index (χ4v) is 1.24. The summed E-state index contributed by atoms with van der Waals surface area (Å²) in [6, 6.07) is -0.222. The minimum atomic E-state index is -0.222. The fraction of sp³-hybridized carbons (Fsp3) is 0.375. The topological polar surface area (TPSA) is 66.9 Å². The van der Waals surface area contributed by atoms with Crippen LogP contribution >= 0.6 is 11.5 Å². The second-order valence-electron chi connectivity index (χ2n) is 2.59. The van der Waals surface area contributed by atoms with E-state index >= 15 is 0 Å². The molecular formula is C8H12N4OS. The molecule has 2 N–H and O–H groups in total. The van der Waals surface area contributed by atoms with Crippen molar-refractivity contribution in [1.29, 1.82) is 0 Å². The molecule has 0 fully saturated rings. The van der Waals surface area contributed by atoms with Crippen molar-refractivity contribution in [1.82, 2.24) is 14.9 Å². The monoisotopic (exact) mass is 212 g/mol. The second kappa shape index (κ2) is 6.09. The first-order valence-electron chi connectivity index (χ1n) is 4.26. The summed E-state index contributed by atoms with van der Waals surface area (Å²) in [6.45, 7) is 4.24. The van der Waals surface area contributed by atoms with Crippen molar-refractivity contribution in [3.8, 4) is 0 Å². The van der Waals surface area contributed by atoms with Crippen LogP contribution in [0.4, 0.5) is 9.80 Å². The summed E-state index contributed by atoms with van der Waals surface area (Å²) in [6.07, 6.45) is 5.14. The van der Waals surface area contributed by atoms with E-state index in [4.69, 9.17) is 0 Å². The van der Waals surface area contributed by atoms with E-state index in [0.29, 0.717) is 11.5 Å². The number of carbonyl (C=O) groups is 1. The van der Waals surface area contributed by atoms with E-state index in [1.165, 1.54) is 6.20 Å². The van der Waals surface area contributed by atoms with Gasteiger partial charge in [-0.3, -0.25) is 5.32 Å². The first-order valence-corrected chi connectivity index (χ1v) is 5.03. The summed E-state index contributed by atoms with van der Waals surface area (Å²) in [5.41, 5.74) is 0. The number of hydrogen-bond acceptors (Lipinski definition) is 4. The van der Waals surface area contributed by atoms with Gasteiger partial charge in [0.2, 0.25) is 0 Å². The van der Waals surface area contributed by atoms with E-state index in [1.54, 1.807) is 0 Å². The third kappa shape index (κ3) is 3.99. The number of anilines is 1. The molecular weight excluding hydrogens is 200 g/mol. The summed E-state index contributed by atoms with van der Waals surface area (Å²) in [5.74, 6) is 0. The van der Waals surface area contributed by atoms with Crippen molar-refractivity contribution in [2.45, 2.75) is 12.8 Å². The number of rotatable bonds is 5. The highest BCUT2D eigenvalue weighted by atomic mass is 32.1. The van der Waals surface area contributed by atoms with E-state index < -0.39 is 0 Å². The molecule has 0 aliphatic carbocycles. The Hall–Kier alpha value is -1.43. The molecule has 0 aromatic carbocycles. The summed E-state index contributed by atoms with van der Waals surface area (Å²) >= 11 is 1.15. The molecule has 0 spiro atoms. The Balaban J connectivity index is 2.13. The largest absolute Gasteiger partial charge is 0.338 e. The van der Waals surface area contributed by atoms with Gasteiger partial charge in [0.05, 0.1) is 6.20 Å². The molecule has 1 rings (SSSR count). The molecule has 14 heavy (non-hydrogen) atoms. The standard InChI is InChI=1S/C8H12N4OS/c1-2-3-4-5-9-8(13)11-7-6-10-12-14-7/h2,6H,1,3-5H2,(H2,9,11,13). The Labute approximate surface area is 86.4 Å². The SMILES string of the molecule is C=CCCCNC(=O)Nc1cnns1. The lowest BCUT2D eigenvalue weighted by atomic mass is 10.3. The van der Waals surface area contributed by atoms with Crippen LogP contribution in [0.3, 0.4) is 0 Å². The number of aromatic nitrogens is 2. The molecule has 76 valence electrons. The van der Waals surface area contributed by atoms with Crippen LogP contribution in [0.25, 0.3) is 0 Å². The molecule has 1 aromatic heterocycles. The Kier molecular flexibility index (Phi) is 4.63. The maximum Gasteiger partial charge on any atom is 0.319 e. The summed E-state index contributed by atoms with van der Waals surface area (Å²) in [7, 11) is 0. The molecule has 0 saturated carbocycles. The molecule has 0 unspecified atom stereocenters. The van der Waals surface area contributed by atoms with E-state index in [-0.39, 0.29) is 6.03 Å². The Morgan fingerprint density at radius 1 is 1.71 bits per heavy atom. The quantitative estimate of drug-likeness (QED) is 0.575. The predicted octanol–water partition coefficient (Wildman–Crippen LogP) is 1.63. The lowest BCUT2D eigenvalue weighted by Gasteiger charge is -2.03. The smallest absolute Gasteiger partial charge is 0.319 e. The van der Waals surface area contributed by atoms with Gasteiger partial charge < -0.3 is 5.32 Å². The van der Waals surface area contributed by atoms with Gasteiger partial charge in [-0.05, 0) is 12.8 Å². The van der Waals surface area contributed by atoms with Crippen molar-refractivity contribution in [2.24, 2.45) is 0 Å². The van der Waals surface area contributed by atoms with Crippen LogP contribution in [-0.2, 0) is 0 Å². The molecule has 0 atom stereocenters. The molecule has 6 heteroatoms. The number of nitrogens with one attached hydrogen (secondary N) is 2. The van der Waals surface area contributed by atoms with E-state index in [0.717, 1.165) is 24.4 Å². The fourth-order valence-electron chi connectivity index (χ4n) is 0.827. The number of unbranched alkanes of at least 4 members (excludes halogenated alkanes) is 1. The molecule has 1 aromatic rings. The average Bonchev–Trinajstić information content (AvgIpc) is 2.65. The van der Waals surface area contributed by atoms with Crippen molar-refractivity contribution < 1.29 is 4.79 Å². The van der Waals surface area contributed by atoms with Gasteiger partial charge in [-0.2, -0.15) is 0 Å². The molecule has 2 amide bonds. The van der Waals surface area contributed by atoms with Crippen LogP contribution < -0.4 is 10.6 Å². The van der Waals surface area contributed by atoms with Gasteiger partial charge in [-0.1, -0.05) is 10.6 Å². The molecule has 0 aliphatic rings. The summed E-state index contributed by atoms with van der Waals surface area (Å²) in [5, 5.41) is 9.57. The number of carbonyl (C=O) groups excluding carboxylic acids is 1. The highest BCUT2D eigenvalue weighted by molar-refractivity contribution is 7.10. The van der Waals surface area contributed by atoms with Gasteiger partial charge in [-0.25, -0.2) is 4.79 Å². The van der Waals surface area contributed by atoms with Gasteiger partial charge in [0.15, 0.2) is 0 Å². The van der Waals surface area contributed by atoms with E-state index in [1.807, 2.05) is 6.08 Å². The predicted molar refractivity (Wildman–Crippen MR) is 56.4 cm³/mol. The Morgan fingerprint density at radius 3 is 3.21 bits per heavy atom. The number of nitrogens with zero attached hydrogens (tertiary/aromatic N) is 2. The van der Waals surface area contributed by atoms with Gasteiger partial charge in [0.25, 0.3) is 0 Å². The van der Waals surface area contributed by atoms with E-state index in [2.05, 4.69) is 26.8 Å². The minimum absolute atomic E-state index is 0.222. The minimum Gasteiger partial charge on any atom is -0.338 e. The molecule has 0 aliphatic heterocycles. The summed E-state index contributed by atoms with van der Waals surface area (Å²) < 4.78 is 3.62. The van der Waals surface area contributed by atoms with Crippen LogP contribution in [0.2, 0.25) is 0 Å². The first kappa shape index (κ1) is 10.6. The van der Waals surface area contributed by atoms with Crippen molar-refractivity contribution >= 4 is 22.6 Å². The average molecular weight is 212 g/mol. The van der Waals surface area contributed by atoms with Crippen molar-refractivity contribution in [2.75, 3.05) is 11.9 Å². The third-order valence-electron chi connectivity index (χ3n) is 1.47. The van der Waals surface area contributed by atoms with Crippen LogP contribution in [0.1, 0.15) is 12.8 Å². The van der Waals surface area contributed by atoms with E-state index in [9.17, 15) is 4.79 Å². The summed E-state index contributed by atoms with van der Waals surface area (Å²) in [4.78, 5) is 11.2. The van der Waals surface area contributed by atoms with Crippen molar-refractivity contribution in [3.63, 3.8) is 0 Å². The zero-order valence-corrected chi connectivity index (χ0v) is 8.51. The van der Waals surface area contributed by atoms with Crippen LogP contribution in [-0.4, -0.2) is 22.2 Å². The number of urea groups is 1. The highest BCUT2D eigenvalue weighted by Gasteiger charge is 2.01. The van der Waals surface area contributed by atoms with Gasteiger partial charge in [-0.15, -0.1) is 11.7 Å². The zero-order valence-electron chi connectivity index (χ0n) is 7.69. The van der Waals surface area contributed by atoms with Crippen LogP contribution in [0.15, 0.2) is 18.9 Å². The van der Waals surface area contributed by atoms with Gasteiger partial charge >= 0.3 is 6.03 Å². The maximum absolute atomic E-state index is 11.2. The lowest BCUT2D eigenvalue weighted by Crippen LogP contribution is -2.29.